The molecule has 1 heterocycles. The summed E-state index contributed by atoms with van der Waals surface area (Å²) in [6.45, 7) is 1.37. The van der Waals surface area contributed by atoms with E-state index in [9.17, 15) is 27.2 Å². The Bertz CT molecular complexity index is 1090. The van der Waals surface area contributed by atoms with E-state index in [0.29, 0.717) is 5.56 Å². The van der Waals surface area contributed by atoms with Crippen molar-refractivity contribution in [1.82, 2.24) is 15.0 Å². The molecule has 0 aliphatic heterocycles. The zero-order valence-electron chi connectivity index (χ0n) is 15.1. The summed E-state index contributed by atoms with van der Waals surface area (Å²) in [7, 11) is 0. The minimum atomic E-state index is -4.78. The number of nitrogens with zero attached hydrogens (tertiary/aromatic N) is 3. The minimum Gasteiger partial charge on any atom is -0.406 e. The van der Waals surface area contributed by atoms with Gasteiger partial charge in [0, 0.05) is 6.42 Å². The molecule has 1 atom stereocenters. The zero-order valence-corrected chi connectivity index (χ0v) is 15.1. The first-order valence-corrected chi connectivity index (χ1v) is 8.53. The van der Waals surface area contributed by atoms with Gasteiger partial charge in [0.25, 0.3) is 5.56 Å². The van der Waals surface area contributed by atoms with E-state index in [0.717, 1.165) is 28.9 Å². The van der Waals surface area contributed by atoms with Crippen LogP contribution in [0, 0.1) is 5.82 Å². The Morgan fingerprint density at radius 2 is 1.86 bits per heavy atom. The highest BCUT2D eigenvalue weighted by molar-refractivity contribution is 5.80. The Hall–Kier alpha value is -3.30. The van der Waals surface area contributed by atoms with Gasteiger partial charge in [0.15, 0.2) is 5.78 Å². The van der Waals surface area contributed by atoms with E-state index in [1.54, 1.807) is 6.92 Å². The van der Waals surface area contributed by atoms with Crippen LogP contribution in [0.4, 0.5) is 17.6 Å². The van der Waals surface area contributed by atoms with Gasteiger partial charge < -0.3 is 4.74 Å². The quantitative estimate of drug-likeness (QED) is 0.582. The molecule has 0 bridgehead atoms. The first kappa shape index (κ1) is 20.4. The van der Waals surface area contributed by atoms with Crippen LogP contribution in [0.5, 0.6) is 5.75 Å². The van der Waals surface area contributed by atoms with Crippen LogP contribution < -0.4 is 10.3 Å². The molecule has 0 radical (unpaired) electrons. The van der Waals surface area contributed by atoms with Crippen molar-refractivity contribution in [3.05, 3.63) is 64.2 Å². The highest BCUT2D eigenvalue weighted by Crippen LogP contribution is 2.26. The standard InChI is InChI=1S/C19H15F4N3O3/c1-11(12-2-5-15(6-3-12)29-19(21,22)23)8-14(27)10-26-18(28)16-9-13(20)4-7-17(16)24-25-26/h2-7,9,11H,8,10H2,1H3/t11-/m1/s1. The average Bonchev–Trinajstić information content (AvgIpc) is 2.63. The lowest BCUT2D eigenvalue weighted by molar-refractivity contribution is -0.274. The summed E-state index contributed by atoms with van der Waals surface area (Å²) in [6, 6.07) is 8.70. The van der Waals surface area contributed by atoms with E-state index in [-0.39, 0.29) is 41.3 Å². The first-order valence-electron chi connectivity index (χ1n) is 8.53. The summed E-state index contributed by atoms with van der Waals surface area (Å²) in [5.74, 6) is -1.61. The molecule has 0 unspecified atom stereocenters. The molecule has 2 aromatic carbocycles. The van der Waals surface area contributed by atoms with Crippen molar-refractivity contribution in [3.8, 4) is 5.75 Å². The molecule has 10 heteroatoms. The normalized spacial score (nSPS) is 12.7. The van der Waals surface area contributed by atoms with E-state index in [4.69, 9.17) is 0 Å². The molecule has 0 N–H and O–H groups in total. The molecule has 6 nitrogen and oxygen atoms in total. The smallest absolute Gasteiger partial charge is 0.406 e. The van der Waals surface area contributed by atoms with Gasteiger partial charge in [-0.3, -0.25) is 9.59 Å². The van der Waals surface area contributed by atoms with Crippen LogP contribution in [0.2, 0.25) is 0 Å². The fourth-order valence-electron chi connectivity index (χ4n) is 2.84. The van der Waals surface area contributed by atoms with Crippen LogP contribution in [0.25, 0.3) is 10.9 Å². The number of fused-ring (bicyclic) bond motifs is 1. The number of hydrogen-bond acceptors (Lipinski definition) is 5. The summed E-state index contributed by atoms with van der Waals surface area (Å²) in [5, 5.41) is 7.51. The predicted octanol–water partition coefficient (Wildman–Crippen LogP) is 3.59. The van der Waals surface area contributed by atoms with E-state index in [1.807, 2.05) is 0 Å². The molecule has 0 amide bonds. The third kappa shape index (κ3) is 5.15. The van der Waals surface area contributed by atoms with Crippen molar-refractivity contribution in [2.24, 2.45) is 0 Å². The van der Waals surface area contributed by atoms with Crippen molar-refractivity contribution in [2.45, 2.75) is 32.2 Å². The van der Waals surface area contributed by atoms with Crippen molar-refractivity contribution < 1.29 is 27.1 Å². The third-order valence-corrected chi connectivity index (χ3v) is 4.23. The lowest BCUT2D eigenvalue weighted by Gasteiger charge is -2.13. The van der Waals surface area contributed by atoms with Crippen molar-refractivity contribution in [3.63, 3.8) is 0 Å². The number of benzene rings is 2. The van der Waals surface area contributed by atoms with Crippen molar-refractivity contribution in [1.29, 1.82) is 0 Å². The molecule has 0 aliphatic carbocycles. The van der Waals surface area contributed by atoms with Gasteiger partial charge in [0.1, 0.15) is 23.6 Å². The summed E-state index contributed by atoms with van der Waals surface area (Å²) in [4.78, 5) is 24.7. The second-order valence-electron chi connectivity index (χ2n) is 6.47. The number of alkyl halides is 3. The highest BCUT2D eigenvalue weighted by Gasteiger charge is 2.31. The fourth-order valence-corrected chi connectivity index (χ4v) is 2.84. The Labute approximate surface area is 161 Å². The van der Waals surface area contributed by atoms with E-state index < -0.39 is 17.7 Å². The van der Waals surface area contributed by atoms with Gasteiger partial charge in [0.05, 0.1) is 5.39 Å². The maximum absolute atomic E-state index is 13.4. The molecular weight excluding hydrogens is 394 g/mol. The van der Waals surface area contributed by atoms with Gasteiger partial charge in [0.2, 0.25) is 0 Å². The Morgan fingerprint density at radius 1 is 1.17 bits per heavy atom. The van der Waals surface area contributed by atoms with Gasteiger partial charge in [-0.05, 0) is 41.8 Å². The minimum absolute atomic E-state index is 0.0149. The molecular formula is C19H15F4N3O3. The molecule has 152 valence electrons. The lowest BCUT2D eigenvalue weighted by atomic mass is 9.95. The van der Waals surface area contributed by atoms with Gasteiger partial charge in [-0.15, -0.1) is 18.3 Å². The van der Waals surface area contributed by atoms with Gasteiger partial charge in [-0.25, -0.2) is 9.07 Å². The fraction of sp³-hybridized carbons (Fsp3) is 0.263. The number of hydrogen-bond donors (Lipinski definition) is 0. The molecule has 1 aromatic heterocycles. The molecule has 0 saturated carbocycles. The van der Waals surface area contributed by atoms with Crippen LogP contribution in [-0.4, -0.2) is 27.1 Å². The van der Waals surface area contributed by atoms with E-state index >= 15 is 0 Å². The van der Waals surface area contributed by atoms with E-state index in [2.05, 4.69) is 15.0 Å². The summed E-state index contributed by atoms with van der Waals surface area (Å²) in [5.41, 5.74) is 0.214. The number of halogens is 4. The molecule has 3 aromatic rings. The largest absolute Gasteiger partial charge is 0.573 e. The number of ether oxygens (including phenoxy) is 1. The second kappa shape index (κ2) is 7.98. The first-order chi connectivity index (χ1) is 13.6. The lowest BCUT2D eigenvalue weighted by Crippen LogP contribution is -2.28. The van der Waals surface area contributed by atoms with Crippen molar-refractivity contribution in [2.75, 3.05) is 0 Å². The molecule has 0 aliphatic rings. The molecule has 3 rings (SSSR count). The van der Waals surface area contributed by atoms with Crippen LogP contribution in [0.1, 0.15) is 24.8 Å². The Balaban J connectivity index is 1.68. The number of carbonyl (C=O) groups excluding carboxylic acids is 1. The van der Waals surface area contributed by atoms with Gasteiger partial charge in [-0.1, -0.05) is 24.3 Å². The second-order valence-corrected chi connectivity index (χ2v) is 6.47. The summed E-state index contributed by atoms with van der Waals surface area (Å²) < 4.78 is 54.6. The van der Waals surface area contributed by atoms with Crippen LogP contribution in [0.15, 0.2) is 47.3 Å². The summed E-state index contributed by atoms with van der Waals surface area (Å²) >= 11 is 0. The van der Waals surface area contributed by atoms with Crippen LogP contribution in [-0.2, 0) is 11.3 Å². The van der Waals surface area contributed by atoms with Crippen LogP contribution in [0.3, 0.4) is 0 Å². The number of carbonyl (C=O) groups is 1. The molecule has 0 saturated heterocycles. The van der Waals surface area contributed by atoms with Crippen LogP contribution >= 0.6 is 0 Å². The maximum Gasteiger partial charge on any atom is 0.573 e. The molecule has 0 spiro atoms. The number of Topliss-reactive ketones (excluding diaryl/α,β-unsaturated/α-hetero) is 1. The average molecular weight is 409 g/mol. The van der Waals surface area contributed by atoms with Gasteiger partial charge >= 0.3 is 6.36 Å². The predicted molar refractivity (Wildman–Crippen MR) is 94.9 cm³/mol. The SMILES string of the molecule is C[C@H](CC(=O)Cn1nnc2ccc(F)cc2c1=O)c1ccc(OC(F)(F)F)cc1. The maximum atomic E-state index is 13.4. The monoisotopic (exact) mass is 409 g/mol. The van der Waals surface area contributed by atoms with Gasteiger partial charge in [-0.2, -0.15) is 0 Å². The highest BCUT2D eigenvalue weighted by atomic mass is 19.4. The Kier molecular flexibility index (Phi) is 5.62. The number of ketones is 1. The zero-order chi connectivity index (χ0) is 21.2. The Morgan fingerprint density at radius 3 is 2.52 bits per heavy atom. The topological polar surface area (TPSA) is 74.1 Å². The molecule has 0 fully saturated rings. The third-order valence-electron chi connectivity index (χ3n) is 4.23. The van der Waals surface area contributed by atoms with E-state index in [1.165, 1.54) is 18.2 Å². The van der Waals surface area contributed by atoms with Crippen molar-refractivity contribution >= 4 is 16.7 Å². The molecule has 29 heavy (non-hydrogen) atoms. The number of aromatic nitrogens is 3. The number of rotatable bonds is 6. The summed E-state index contributed by atoms with van der Waals surface area (Å²) in [6.07, 6.45) is -4.76.